The van der Waals surface area contributed by atoms with E-state index >= 15 is 0 Å². The zero-order valence-corrected chi connectivity index (χ0v) is 12.5. The van der Waals surface area contributed by atoms with Crippen molar-refractivity contribution in [2.24, 2.45) is 5.73 Å². The summed E-state index contributed by atoms with van der Waals surface area (Å²) in [7, 11) is 0. The summed E-state index contributed by atoms with van der Waals surface area (Å²) in [4.78, 5) is 5.82. The monoisotopic (exact) mass is 260 g/mol. The molecule has 0 aliphatic carbocycles. The van der Waals surface area contributed by atoms with Crippen molar-refractivity contribution in [3.05, 3.63) is 39.9 Å². The molecule has 0 aliphatic heterocycles. The van der Waals surface area contributed by atoms with E-state index in [0.29, 0.717) is 0 Å². The number of nitrogens with zero attached hydrogens (tertiary/aromatic N) is 1. The van der Waals surface area contributed by atoms with E-state index in [1.165, 1.54) is 16.7 Å². The zero-order valence-electron chi connectivity index (χ0n) is 11.7. The number of nitrogens with two attached hydrogens (primary N) is 1. The minimum Gasteiger partial charge on any atom is -0.321 e. The molecule has 96 valence electrons. The fourth-order valence-corrected chi connectivity index (χ4v) is 3.07. The summed E-state index contributed by atoms with van der Waals surface area (Å²) < 4.78 is 0. The first-order valence-electron chi connectivity index (χ1n) is 6.13. The van der Waals surface area contributed by atoms with Crippen LogP contribution >= 0.6 is 11.3 Å². The number of aromatic nitrogens is 1. The van der Waals surface area contributed by atoms with Crippen LogP contribution in [0.5, 0.6) is 0 Å². The molecule has 2 rings (SSSR count). The molecular formula is C15H20N2S. The van der Waals surface area contributed by atoms with E-state index < -0.39 is 0 Å². The van der Waals surface area contributed by atoms with E-state index in [2.05, 4.69) is 37.0 Å². The van der Waals surface area contributed by atoms with Gasteiger partial charge in [0.25, 0.3) is 0 Å². The summed E-state index contributed by atoms with van der Waals surface area (Å²) in [6.07, 6.45) is 0. The average molecular weight is 260 g/mol. The van der Waals surface area contributed by atoms with Crippen LogP contribution in [0.25, 0.3) is 10.6 Å². The van der Waals surface area contributed by atoms with Gasteiger partial charge in [0.2, 0.25) is 0 Å². The number of aryl methyl sites for hydroxylation is 3. The molecular weight excluding hydrogens is 240 g/mol. The lowest BCUT2D eigenvalue weighted by Crippen LogP contribution is -2.28. The van der Waals surface area contributed by atoms with E-state index in [4.69, 9.17) is 5.73 Å². The van der Waals surface area contributed by atoms with Crippen LogP contribution in [-0.4, -0.2) is 4.98 Å². The number of thiazole rings is 1. The van der Waals surface area contributed by atoms with Crippen molar-refractivity contribution < 1.29 is 0 Å². The number of benzene rings is 1. The van der Waals surface area contributed by atoms with Gasteiger partial charge in [-0.1, -0.05) is 12.1 Å². The molecule has 0 amide bonds. The topological polar surface area (TPSA) is 38.9 Å². The van der Waals surface area contributed by atoms with Crippen LogP contribution < -0.4 is 5.73 Å². The fraction of sp³-hybridized carbons (Fsp3) is 0.400. The summed E-state index contributed by atoms with van der Waals surface area (Å²) in [5, 5.41) is 1.06. The third-order valence-corrected chi connectivity index (χ3v) is 4.68. The van der Waals surface area contributed by atoms with Crippen molar-refractivity contribution in [3.63, 3.8) is 0 Å². The predicted octanol–water partition coefficient (Wildman–Crippen LogP) is 3.93. The van der Waals surface area contributed by atoms with Crippen molar-refractivity contribution in [2.45, 2.75) is 40.2 Å². The van der Waals surface area contributed by atoms with Crippen LogP contribution in [0, 0.1) is 20.8 Å². The van der Waals surface area contributed by atoms with Crippen LogP contribution in [-0.2, 0) is 5.54 Å². The molecule has 0 aliphatic rings. The van der Waals surface area contributed by atoms with Gasteiger partial charge in [-0.3, -0.25) is 0 Å². The lowest BCUT2D eigenvalue weighted by molar-refractivity contribution is 0.562. The second-order valence-corrected chi connectivity index (χ2v) is 6.45. The second-order valence-electron chi connectivity index (χ2n) is 5.45. The standard InChI is InChI=1S/C15H20N2S/c1-9-6-7-12(8-10(9)2)14-17-11(3)13(18-14)15(4,5)16/h6-8H,16H2,1-5H3. The van der Waals surface area contributed by atoms with Gasteiger partial charge in [0, 0.05) is 16.0 Å². The first-order chi connectivity index (χ1) is 8.29. The molecule has 0 atom stereocenters. The lowest BCUT2D eigenvalue weighted by atomic mass is 10.0. The Morgan fingerprint density at radius 1 is 1.11 bits per heavy atom. The van der Waals surface area contributed by atoms with Gasteiger partial charge in [0.1, 0.15) is 5.01 Å². The van der Waals surface area contributed by atoms with Crippen molar-refractivity contribution in [1.29, 1.82) is 0 Å². The van der Waals surface area contributed by atoms with E-state index in [0.717, 1.165) is 15.6 Å². The number of hydrogen-bond acceptors (Lipinski definition) is 3. The van der Waals surface area contributed by atoms with Crippen LogP contribution in [0.4, 0.5) is 0 Å². The highest BCUT2D eigenvalue weighted by molar-refractivity contribution is 7.15. The van der Waals surface area contributed by atoms with Crippen LogP contribution in [0.15, 0.2) is 18.2 Å². The molecule has 1 heterocycles. The number of rotatable bonds is 2. The minimum absolute atomic E-state index is 0.320. The molecule has 2 N–H and O–H groups in total. The van der Waals surface area contributed by atoms with E-state index in [9.17, 15) is 0 Å². The molecule has 0 saturated carbocycles. The van der Waals surface area contributed by atoms with Crippen LogP contribution in [0.3, 0.4) is 0 Å². The Balaban J connectivity index is 2.49. The fourth-order valence-electron chi connectivity index (χ4n) is 1.99. The minimum atomic E-state index is -0.320. The highest BCUT2D eigenvalue weighted by Gasteiger charge is 2.21. The third kappa shape index (κ3) is 2.47. The molecule has 2 nitrogen and oxygen atoms in total. The predicted molar refractivity (Wildman–Crippen MR) is 79.0 cm³/mol. The van der Waals surface area contributed by atoms with E-state index in [1.54, 1.807) is 11.3 Å². The normalized spacial score (nSPS) is 11.9. The average Bonchev–Trinajstić information content (AvgIpc) is 2.64. The van der Waals surface area contributed by atoms with E-state index in [1.807, 2.05) is 20.8 Å². The zero-order chi connectivity index (χ0) is 13.5. The molecule has 1 aromatic carbocycles. The summed E-state index contributed by atoms with van der Waals surface area (Å²) in [5.41, 5.74) is 10.7. The second kappa shape index (κ2) is 4.48. The first-order valence-corrected chi connectivity index (χ1v) is 6.95. The summed E-state index contributed by atoms with van der Waals surface area (Å²) in [6.45, 7) is 10.3. The molecule has 1 aromatic heterocycles. The molecule has 0 saturated heterocycles. The largest absolute Gasteiger partial charge is 0.321 e. The molecule has 18 heavy (non-hydrogen) atoms. The highest BCUT2D eigenvalue weighted by atomic mass is 32.1. The Hall–Kier alpha value is -1.19. The number of hydrogen-bond donors (Lipinski definition) is 1. The third-order valence-electron chi connectivity index (χ3n) is 3.14. The molecule has 0 fully saturated rings. The summed E-state index contributed by atoms with van der Waals surface area (Å²) in [5.74, 6) is 0. The van der Waals surface area contributed by atoms with Gasteiger partial charge in [0.05, 0.1) is 5.69 Å². The van der Waals surface area contributed by atoms with Crippen molar-refractivity contribution in [1.82, 2.24) is 4.98 Å². The molecule has 2 aromatic rings. The Labute approximate surface area is 113 Å². The van der Waals surface area contributed by atoms with Crippen molar-refractivity contribution in [3.8, 4) is 10.6 Å². The quantitative estimate of drug-likeness (QED) is 0.888. The maximum absolute atomic E-state index is 6.17. The first kappa shape index (κ1) is 13.2. The highest BCUT2D eigenvalue weighted by Crippen LogP contribution is 2.33. The smallest absolute Gasteiger partial charge is 0.123 e. The van der Waals surface area contributed by atoms with E-state index in [-0.39, 0.29) is 5.54 Å². The van der Waals surface area contributed by atoms with Gasteiger partial charge < -0.3 is 5.73 Å². The Kier molecular flexibility index (Phi) is 3.30. The van der Waals surface area contributed by atoms with Gasteiger partial charge in [-0.15, -0.1) is 11.3 Å². The molecule has 0 bridgehead atoms. The Bertz CT molecular complexity index is 577. The summed E-state index contributed by atoms with van der Waals surface area (Å²) >= 11 is 1.70. The summed E-state index contributed by atoms with van der Waals surface area (Å²) in [6, 6.07) is 6.48. The maximum atomic E-state index is 6.17. The molecule has 0 unspecified atom stereocenters. The molecule has 0 radical (unpaired) electrons. The Morgan fingerprint density at radius 2 is 1.78 bits per heavy atom. The van der Waals surface area contributed by atoms with Crippen LogP contribution in [0.1, 0.15) is 35.5 Å². The molecule has 3 heteroatoms. The van der Waals surface area contributed by atoms with Crippen LogP contribution in [0.2, 0.25) is 0 Å². The van der Waals surface area contributed by atoms with Gasteiger partial charge in [-0.25, -0.2) is 4.98 Å². The molecule has 0 spiro atoms. The Morgan fingerprint density at radius 3 is 2.28 bits per heavy atom. The van der Waals surface area contributed by atoms with Crippen molar-refractivity contribution >= 4 is 11.3 Å². The van der Waals surface area contributed by atoms with Gasteiger partial charge in [0.15, 0.2) is 0 Å². The lowest BCUT2D eigenvalue weighted by Gasteiger charge is -2.16. The van der Waals surface area contributed by atoms with Gasteiger partial charge in [-0.05, 0) is 51.8 Å². The van der Waals surface area contributed by atoms with Gasteiger partial charge in [-0.2, -0.15) is 0 Å². The maximum Gasteiger partial charge on any atom is 0.123 e. The van der Waals surface area contributed by atoms with Gasteiger partial charge >= 0.3 is 0 Å². The van der Waals surface area contributed by atoms with Crippen molar-refractivity contribution in [2.75, 3.05) is 0 Å². The SMILES string of the molecule is Cc1ccc(-c2nc(C)c(C(C)(C)N)s2)cc1C.